The molecule has 7 heteroatoms. The fourth-order valence-electron chi connectivity index (χ4n) is 3.37. The SMILES string of the molecule is CCNC(=NCCCc1nnc2n1CCCCC2)NC(C)CCC(C)C.I. The number of rotatable bonds is 9. The molecule has 0 fully saturated rings. The Hall–Kier alpha value is -0.860. The van der Waals surface area contributed by atoms with Crippen molar-refractivity contribution in [3.05, 3.63) is 11.6 Å². The minimum absolute atomic E-state index is 0. The molecule has 0 saturated carbocycles. The van der Waals surface area contributed by atoms with Crippen molar-refractivity contribution in [3.8, 4) is 0 Å². The molecular formula is C20H39IN6. The summed E-state index contributed by atoms with van der Waals surface area (Å²) in [6, 6.07) is 0.447. The van der Waals surface area contributed by atoms with E-state index in [0.717, 1.165) is 56.6 Å². The monoisotopic (exact) mass is 490 g/mol. The smallest absolute Gasteiger partial charge is 0.191 e. The quantitative estimate of drug-likeness (QED) is 0.238. The van der Waals surface area contributed by atoms with Crippen LogP contribution < -0.4 is 10.6 Å². The molecule has 0 aromatic carbocycles. The highest BCUT2D eigenvalue weighted by molar-refractivity contribution is 14.0. The normalized spacial score (nSPS) is 15.7. The maximum Gasteiger partial charge on any atom is 0.191 e. The van der Waals surface area contributed by atoms with Crippen LogP contribution in [-0.2, 0) is 19.4 Å². The first-order chi connectivity index (χ1) is 12.6. The fourth-order valence-corrected chi connectivity index (χ4v) is 3.37. The molecule has 0 amide bonds. The molecule has 6 nitrogen and oxygen atoms in total. The Balaban J connectivity index is 0.00000364. The second-order valence-corrected chi connectivity index (χ2v) is 7.88. The Morgan fingerprint density at radius 2 is 1.96 bits per heavy atom. The van der Waals surface area contributed by atoms with Crippen LogP contribution in [0.5, 0.6) is 0 Å². The second kappa shape index (κ2) is 13.3. The van der Waals surface area contributed by atoms with E-state index >= 15 is 0 Å². The molecule has 0 saturated heterocycles. The predicted molar refractivity (Wildman–Crippen MR) is 124 cm³/mol. The number of nitrogens with one attached hydrogen (secondary N) is 2. The molecule has 0 bridgehead atoms. The first kappa shape index (κ1) is 24.2. The van der Waals surface area contributed by atoms with E-state index in [4.69, 9.17) is 4.99 Å². The zero-order valence-corrected chi connectivity index (χ0v) is 20.0. The van der Waals surface area contributed by atoms with Gasteiger partial charge in [0, 0.05) is 38.5 Å². The van der Waals surface area contributed by atoms with Crippen molar-refractivity contribution in [1.29, 1.82) is 0 Å². The summed E-state index contributed by atoms with van der Waals surface area (Å²) in [6.07, 6.45) is 9.26. The lowest BCUT2D eigenvalue weighted by Crippen LogP contribution is -2.42. The third kappa shape index (κ3) is 8.79. The molecule has 156 valence electrons. The highest BCUT2D eigenvalue weighted by Gasteiger charge is 2.14. The lowest BCUT2D eigenvalue weighted by molar-refractivity contribution is 0.489. The Morgan fingerprint density at radius 3 is 2.70 bits per heavy atom. The first-order valence-corrected chi connectivity index (χ1v) is 10.6. The summed E-state index contributed by atoms with van der Waals surface area (Å²) in [7, 11) is 0. The Bertz CT molecular complexity index is 555. The van der Waals surface area contributed by atoms with Gasteiger partial charge in [0.25, 0.3) is 0 Å². The first-order valence-electron chi connectivity index (χ1n) is 10.6. The van der Waals surface area contributed by atoms with Gasteiger partial charge in [-0.15, -0.1) is 34.2 Å². The van der Waals surface area contributed by atoms with Gasteiger partial charge in [-0.05, 0) is 51.9 Å². The number of hydrogen-bond acceptors (Lipinski definition) is 3. The third-order valence-corrected chi connectivity index (χ3v) is 4.92. The lowest BCUT2D eigenvalue weighted by atomic mass is 10.0. The van der Waals surface area contributed by atoms with Crippen molar-refractivity contribution in [2.45, 2.75) is 91.6 Å². The van der Waals surface area contributed by atoms with Gasteiger partial charge >= 0.3 is 0 Å². The number of halogens is 1. The zero-order valence-electron chi connectivity index (χ0n) is 17.6. The van der Waals surface area contributed by atoms with Gasteiger partial charge in [0.1, 0.15) is 11.6 Å². The summed E-state index contributed by atoms with van der Waals surface area (Å²) in [5.74, 6) is 4.00. The standard InChI is InChI=1S/C20H38N6.HI/c1-5-21-20(23-17(4)13-12-16(2)3)22-14-9-11-19-25-24-18-10-7-6-8-15-26(18)19;/h16-17H,5-15H2,1-4H3,(H2,21,22,23);1H. The second-order valence-electron chi connectivity index (χ2n) is 7.88. The van der Waals surface area contributed by atoms with Crippen molar-refractivity contribution < 1.29 is 0 Å². The molecule has 1 aliphatic rings. The number of aromatic nitrogens is 3. The van der Waals surface area contributed by atoms with Crippen LogP contribution in [0.3, 0.4) is 0 Å². The van der Waals surface area contributed by atoms with Gasteiger partial charge < -0.3 is 15.2 Å². The molecule has 2 heterocycles. The van der Waals surface area contributed by atoms with Crippen molar-refractivity contribution in [1.82, 2.24) is 25.4 Å². The van der Waals surface area contributed by atoms with Gasteiger partial charge in [-0.1, -0.05) is 20.3 Å². The summed E-state index contributed by atoms with van der Waals surface area (Å²) < 4.78 is 2.34. The van der Waals surface area contributed by atoms with Gasteiger partial charge in [0.15, 0.2) is 5.96 Å². The maximum atomic E-state index is 4.75. The minimum atomic E-state index is 0. The predicted octanol–water partition coefficient (Wildman–Crippen LogP) is 3.93. The molecule has 0 radical (unpaired) electrons. The van der Waals surface area contributed by atoms with Crippen LogP contribution >= 0.6 is 24.0 Å². The van der Waals surface area contributed by atoms with E-state index in [0.29, 0.717) is 6.04 Å². The molecule has 1 unspecified atom stereocenters. The molecule has 0 spiro atoms. The zero-order chi connectivity index (χ0) is 18.8. The Kier molecular flexibility index (Phi) is 11.9. The van der Waals surface area contributed by atoms with Crippen molar-refractivity contribution in [2.24, 2.45) is 10.9 Å². The van der Waals surface area contributed by atoms with E-state index in [1.165, 1.54) is 37.9 Å². The number of nitrogens with zero attached hydrogens (tertiary/aromatic N) is 4. The molecular weight excluding hydrogens is 451 g/mol. The third-order valence-electron chi connectivity index (χ3n) is 4.92. The van der Waals surface area contributed by atoms with Crippen LogP contribution in [0.15, 0.2) is 4.99 Å². The van der Waals surface area contributed by atoms with E-state index in [9.17, 15) is 0 Å². The number of fused-ring (bicyclic) bond motifs is 1. The highest BCUT2D eigenvalue weighted by Crippen LogP contribution is 2.15. The summed E-state index contributed by atoms with van der Waals surface area (Å²) in [5.41, 5.74) is 0. The molecule has 1 aliphatic heterocycles. The number of hydrogen-bond donors (Lipinski definition) is 2. The molecule has 2 N–H and O–H groups in total. The largest absolute Gasteiger partial charge is 0.357 e. The lowest BCUT2D eigenvalue weighted by Gasteiger charge is -2.18. The van der Waals surface area contributed by atoms with Gasteiger partial charge in [-0.2, -0.15) is 0 Å². The minimum Gasteiger partial charge on any atom is -0.357 e. The maximum absolute atomic E-state index is 4.75. The van der Waals surface area contributed by atoms with Crippen molar-refractivity contribution >= 4 is 29.9 Å². The Morgan fingerprint density at radius 1 is 1.15 bits per heavy atom. The van der Waals surface area contributed by atoms with Crippen LogP contribution in [0.1, 0.15) is 77.9 Å². The van der Waals surface area contributed by atoms with Crippen LogP contribution in [0.2, 0.25) is 0 Å². The molecule has 1 aromatic heterocycles. The molecule has 1 atom stereocenters. The van der Waals surface area contributed by atoms with Crippen molar-refractivity contribution in [3.63, 3.8) is 0 Å². The van der Waals surface area contributed by atoms with Gasteiger partial charge in [-0.3, -0.25) is 4.99 Å². The number of aliphatic imine (C=N–C) groups is 1. The van der Waals surface area contributed by atoms with Crippen LogP contribution in [0.4, 0.5) is 0 Å². The van der Waals surface area contributed by atoms with E-state index in [2.05, 4.69) is 53.1 Å². The highest BCUT2D eigenvalue weighted by atomic mass is 127. The molecule has 0 aliphatic carbocycles. The van der Waals surface area contributed by atoms with Crippen LogP contribution in [0, 0.1) is 5.92 Å². The summed E-state index contributed by atoms with van der Waals surface area (Å²) in [6.45, 7) is 11.7. The fraction of sp³-hybridized carbons (Fsp3) is 0.850. The number of aryl methyl sites for hydroxylation is 2. The Labute approximate surface area is 182 Å². The van der Waals surface area contributed by atoms with Gasteiger partial charge in [-0.25, -0.2) is 0 Å². The van der Waals surface area contributed by atoms with E-state index in [-0.39, 0.29) is 24.0 Å². The van der Waals surface area contributed by atoms with Gasteiger partial charge in [0.2, 0.25) is 0 Å². The summed E-state index contributed by atoms with van der Waals surface area (Å²) >= 11 is 0. The van der Waals surface area contributed by atoms with Gasteiger partial charge in [0.05, 0.1) is 0 Å². The molecule has 27 heavy (non-hydrogen) atoms. The van der Waals surface area contributed by atoms with Crippen molar-refractivity contribution in [2.75, 3.05) is 13.1 Å². The van der Waals surface area contributed by atoms with Crippen LogP contribution in [-0.4, -0.2) is 39.9 Å². The average molecular weight is 490 g/mol. The topological polar surface area (TPSA) is 67.1 Å². The van der Waals surface area contributed by atoms with E-state index in [1.54, 1.807) is 0 Å². The average Bonchev–Trinajstić information content (AvgIpc) is 2.83. The summed E-state index contributed by atoms with van der Waals surface area (Å²) in [5, 5.41) is 15.7. The molecule has 2 rings (SSSR count). The van der Waals surface area contributed by atoms with E-state index in [1.807, 2.05) is 0 Å². The van der Waals surface area contributed by atoms with Crippen LogP contribution in [0.25, 0.3) is 0 Å². The summed E-state index contributed by atoms with van der Waals surface area (Å²) in [4.78, 5) is 4.75. The number of guanidine groups is 1. The van der Waals surface area contributed by atoms with E-state index < -0.39 is 0 Å². The molecule has 1 aromatic rings.